The van der Waals surface area contributed by atoms with Crippen LogP contribution in [0.3, 0.4) is 0 Å². The molecule has 0 aromatic heterocycles. The average Bonchev–Trinajstić information content (AvgIpc) is 2.57. The number of thiocarbonyl (C=S) groups is 1. The average molecular weight is 349 g/mol. The molecule has 24 heavy (non-hydrogen) atoms. The van der Waals surface area contributed by atoms with E-state index in [1.165, 1.54) is 51.4 Å². The molecule has 0 spiro atoms. The van der Waals surface area contributed by atoms with Crippen LogP contribution in [0.2, 0.25) is 0 Å². The van der Waals surface area contributed by atoms with Gasteiger partial charge in [0.25, 0.3) is 0 Å². The van der Waals surface area contributed by atoms with Gasteiger partial charge < -0.3 is 10.6 Å². The first-order chi connectivity index (χ1) is 11.6. The molecule has 0 unspecified atom stereocenters. The second-order valence-electron chi connectivity index (χ2n) is 6.34. The molecule has 0 radical (unpaired) electrons. The molecular formula is C20H32N2OS. The van der Waals surface area contributed by atoms with Crippen molar-refractivity contribution in [3.05, 3.63) is 29.8 Å². The van der Waals surface area contributed by atoms with Gasteiger partial charge in [0, 0.05) is 17.8 Å². The van der Waals surface area contributed by atoms with Crippen LogP contribution in [0.5, 0.6) is 0 Å². The van der Waals surface area contributed by atoms with Gasteiger partial charge in [-0.1, -0.05) is 58.3 Å². The maximum absolute atomic E-state index is 11.2. The van der Waals surface area contributed by atoms with Gasteiger partial charge in [0.1, 0.15) is 0 Å². The van der Waals surface area contributed by atoms with Crippen molar-refractivity contribution in [3.63, 3.8) is 0 Å². The Balaban J connectivity index is 2.03. The van der Waals surface area contributed by atoms with Gasteiger partial charge in [0.15, 0.2) is 10.9 Å². The molecule has 1 aromatic carbocycles. The summed E-state index contributed by atoms with van der Waals surface area (Å²) in [5.41, 5.74) is 1.62. The molecule has 0 aliphatic rings. The molecule has 0 atom stereocenters. The minimum atomic E-state index is 0.0765. The molecule has 134 valence electrons. The van der Waals surface area contributed by atoms with Crippen molar-refractivity contribution < 1.29 is 4.79 Å². The van der Waals surface area contributed by atoms with Gasteiger partial charge in [-0.2, -0.15) is 0 Å². The van der Waals surface area contributed by atoms with Crippen LogP contribution in [0.1, 0.15) is 82.0 Å². The zero-order valence-electron chi connectivity index (χ0n) is 15.2. The Morgan fingerprint density at radius 2 is 1.46 bits per heavy atom. The number of rotatable bonds is 12. The zero-order chi connectivity index (χ0) is 17.6. The quantitative estimate of drug-likeness (QED) is 0.288. The summed E-state index contributed by atoms with van der Waals surface area (Å²) in [4.78, 5) is 11.2. The van der Waals surface area contributed by atoms with Crippen LogP contribution in [-0.4, -0.2) is 17.4 Å². The molecule has 0 heterocycles. The third kappa shape index (κ3) is 9.66. The predicted molar refractivity (Wildman–Crippen MR) is 108 cm³/mol. The summed E-state index contributed by atoms with van der Waals surface area (Å²) in [5, 5.41) is 7.03. The van der Waals surface area contributed by atoms with Crippen LogP contribution in [0.4, 0.5) is 5.69 Å². The largest absolute Gasteiger partial charge is 0.362 e. The molecule has 0 amide bonds. The van der Waals surface area contributed by atoms with Gasteiger partial charge in [-0.25, -0.2) is 0 Å². The molecule has 4 heteroatoms. The molecule has 0 aliphatic heterocycles. The third-order valence-corrected chi connectivity index (χ3v) is 4.36. The molecule has 0 aliphatic carbocycles. The smallest absolute Gasteiger partial charge is 0.170 e. The number of Topliss-reactive ketones (excluding diaryl/α,β-unsaturated/α-hetero) is 1. The monoisotopic (exact) mass is 348 g/mol. The van der Waals surface area contributed by atoms with E-state index in [2.05, 4.69) is 17.6 Å². The molecule has 1 rings (SSSR count). The molecule has 0 saturated heterocycles. The lowest BCUT2D eigenvalue weighted by atomic mass is 10.1. The fourth-order valence-electron chi connectivity index (χ4n) is 2.60. The minimum Gasteiger partial charge on any atom is -0.362 e. The van der Waals surface area contributed by atoms with Crippen LogP contribution >= 0.6 is 12.2 Å². The van der Waals surface area contributed by atoms with Gasteiger partial charge >= 0.3 is 0 Å². The number of nitrogens with one attached hydrogen (secondary N) is 2. The summed E-state index contributed by atoms with van der Waals surface area (Å²) in [5.74, 6) is 0.0765. The zero-order valence-corrected chi connectivity index (χ0v) is 16.0. The Kier molecular flexibility index (Phi) is 11.1. The molecule has 3 nitrogen and oxygen atoms in total. The van der Waals surface area contributed by atoms with E-state index >= 15 is 0 Å². The number of benzene rings is 1. The standard InChI is InChI=1S/C20H32N2OS/c1-3-4-5-6-7-8-9-10-11-16-21-20(24)22-19-14-12-18(13-15-19)17(2)23/h12-15H,3-11,16H2,1-2H3,(H2,21,22,24). The lowest BCUT2D eigenvalue weighted by molar-refractivity contribution is 0.101. The second-order valence-corrected chi connectivity index (χ2v) is 6.75. The maximum Gasteiger partial charge on any atom is 0.170 e. The van der Waals surface area contributed by atoms with Crippen molar-refractivity contribution in [2.24, 2.45) is 0 Å². The summed E-state index contributed by atoms with van der Waals surface area (Å²) < 4.78 is 0. The molecule has 1 aromatic rings. The van der Waals surface area contributed by atoms with Crippen LogP contribution in [-0.2, 0) is 0 Å². The molecule has 0 saturated carbocycles. The van der Waals surface area contributed by atoms with Gasteiger partial charge in [-0.15, -0.1) is 0 Å². The molecule has 2 N–H and O–H groups in total. The number of unbranched alkanes of at least 4 members (excludes halogenated alkanes) is 8. The first-order valence-corrected chi connectivity index (χ1v) is 9.70. The normalized spacial score (nSPS) is 10.4. The fraction of sp³-hybridized carbons (Fsp3) is 0.600. The highest BCUT2D eigenvalue weighted by Crippen LogP contribution is 2.10. The summed E-state index contributed by atoms with van der Waals surface area (Å²) in [6, 6.07) is 7.38. The van der Waals surface area contributed by atoms with Crippen LogP contribution < -0.4 is 10.6 Å². The first kappa shape index (κ1) is 20.6. The summed E-state index contributed by atoms with van der Waals surface area (Å²) in [6.07, 6.45) is 12.0. The van der Waals surface area contributed by atoms with E-state index in [-0.39, 0.29) is 5.78 Å². The number of hydrogen-bond donors (Lipinski definition) is 2. The van der Waals surface area contributed by atoms with Crippen molar-refractivity contribution >= 4 is 28.8 Å². The van der Waals surface area contributed by atoms with Crippen molar-refractivity contribution in [1.82, 2.24) is 5.32 Å². The number of anilines is 1. The topological polar surface area (TPSA) is 41.1 Å². The lowest BCUT2D eigenvalue weighted by Gasteiger charge is -2.10. The van der Waals surface area contributed by atoms with Crippen LogP contribution in [0.25, 0.3) is 0 Å². The van der Waals surface area contributed by atoms with E-state index in [4.69, 9.17) is 12.2 Å². The number of carbonyl (C=O) groups is 1. The third-order valence-electron chi connectivity index (χ3n) is 4.12. The van der Waals surface area contributed by atoms with Gasteiger partial charge in [-0.05, 0) is 49.8 Å². The Hall–Kier alpha value is -1.42. The Bertz CT molecular complexity index is 485. The molecule has 0 fully saturated rings. The number of ketones is 1. The minimum absolute atomic E-state index is 0.0765. The Morgan fingerprint density at radius 1 is 0.917 bits per heavy atom. The van der Waals surface area contributed by atoms with E-state index in [0.29, 0.717) is 10.7 Å². The van der Waals surface area contributed by atoms with Crippen molar-refractivity contribution in [3.8, 4) is 0 Å². The highest BCUT2D eigenvalue weighted by Gasteiger charge is 2.00. The SMILES string of the molecule is CCCCCCCCCCCNC(=S)Nc1ccc(C(C)=O)cc1. The maximum atomic E-state index is 11.2. The van der Waals surface area contributed by atoms with Crippen molar-refractivity contribution in [1.29, 1.82) is 0 Å². The summed E-state index contributed by atoms with van der Waals surface area (Å²) >= 11 is 5.29. The number of hydrogen-bond acceptors (Lipinski definition) is 2. The second kappa shape index (κ2) is 12.9. The van der Waals surface area contributed by atoms with E-state index < -0.39 is 0 Å². The summed E-state index contributed by atoms with van der Waals surface area (Å²) in [6.45, 7) is 4.74. The van der Waals surface area contributed by atoms with Gasteiger partial charge in [-0.3, -0.25) is 4.79 Å². The highest BCUT2D eigenvalue weighted by atomic mass is 32.1. The predicted octanol–water partition coefficient (Wildman–Crippen LogP) is 5.71. The summed E-state index contributed by atoms with van der Waals surface area (Å²) in [7, 11) is 0. The van der Waals surface area contributed by atoms with Crippen LogP contribution in [0, 0.1) is 0 Å². The van der Waals surface area contributed by atoms with E-state index in [0.717, 1.165) is 18.7 Å². The Labute approximate surface area is 152 Å². The van der Waals surface area contributed by atoms with E-state index in [1.807, 2.05) is 24.3 Å². The number of carbonyl (C=O) groups excluding carboxylic acids is 1. The van der Waals surface area contributed by atoms with Crippen LogP contribution in [0.15, 0.2) is 24.3 Å². The lowest BCUT2D eigenvalue weighted by Crippen LogP contribution is -2.29. The van der Waals surface area contributed by atoms with Crippen molar-refractivity contribution in [2.45, 2.75) is 71.6 Å². The Morgan fingerprint density at radius 3 is 2.00 bits per heavy atom. The van der Waals surface area contributed by atoms with Gasteiger partial charge in [0.2, 0.25) is 0 Å². The first-order valence-electron chi connectivity index (χ1n) is 9.29. The fourth-order valence-corrected chi connectivity index (χ4v) is 2.82. The van der Waals surface area contributed by atoms with Crippen molar-refractivity contribution in [2.75, 3.05) is 11.9 Å². The van der Waals surface area contributed by atoms with Gasteiger partial charge in [0.05, 0.1) is 0 Å². The van der Waals surface area contributed by atoms with E-state index in [1.54, 1.807) is 6.92 Å². The molecule has 0 bridgehead atoms. The highest BCUT2D eigenvalue weighted by molar-refractivity contribution is 7.80. The van der Waals surface area contributed by atoms with E-state index in [9.17, 15) is 4.79 Å². The molecular weight excluding hydrogens is 316 g/mol.